The third-order valence-electron chi connectivity index (χ3n) is 2.96. The number of hydrogen-bond acceptors (Lipinski definition) is 3. The Morgan fingerprint density at radius 2 is 2.16 bits per heavy atom. The van der Waals surface area contributed by atoms with Crippen molar-refractivity contribution >= 4 is 17.7 Å². The molecular formula is C12H20N4O3. The minimum atomic E-state index is -1.28. The molecule has 7 nitrogen and oxygen atoms in total. The van der Waals surface area contributed by atoms with E-state index in [-0.39, 0.29) is 6.04 Å². The monoisotopic (exact) mass is 268 g/mol. The number of carboxylic acids is 1. The molecule has 0 aliphatic rings. The quantitative estimate of drug-likeness (QED) is 0.759. The van der Waals surface area contributed by atoms with Gasteiger partial charge in [-0.3, -0.25) is 4.68 Å². The van der Waals surface area contributed by atoms with Gasteiger partial charge in [0.2, 0.25) is 0 Å². The van der Waals surface area contributed by atoms with E-state index in [1.165, 1.54) is 13.1 Å². The van der Waals surface area contributed by atoms with Gasteiger partial charge in [0.1, 0.15) is 5.54 Å². The van der Waals surface area contributed by atoms with Gasteiger partial charge in [0.05, 0.1) is 11.9 Å². The van der Waals surface area contributed by atoms with Crippen molar-refractivity contribution in [1.82, 2.24) is 15.1 Å². The SMILES string of the molecule is CCC(C)(NC(=O)Nc1cnn(C(C)C)c1)C(=O)O. The van der Waals surface area contributed by atoms with Crippen molar-refractivity contribution in [3.05, 3.63) is 12.4 Å². The molecular weight excluding hydrogens is 248 g/mol. The summed E-state index contributed by atoms with van der Waals surface area (Å²) in [5.41, 5.74) is -0.756. The zero-order valence-corrected chi connectivity index (χ0v) is 11.6. The van der Waals surface area contributed by atoms with Crippen LogP contribution in [-0.2, 0) is 4.79 Å². The first-order valence-electron chi connectivity index (χ1n) is 6.15. The van der Waals surface area contributed by atoms with E-state index < -0.39 is 17.5 Å². The highest BCUT2D eigenvalue weighted by atomic mass is 16.4. The van der Waals surface area contributed by atoms with E-state index in [0.29, 0.717) is 12.1 Å². The lowest BCUT2D eigenvalue weighted by Crippen LogP contribution is -2.53. The minimum Gasteiger partial charge on any atom is -0.480 e. The van der Waals surface area contributed by atoms with Gasteiger partial charge in [-0.1, -0.05) is 6.92 Å². The maximum absolute atomic E-state index is 11.7. The van der Waals surface area contributed by atoms with E-state index in [0.717, 1.165) is 0 Å². The van der Waals surface area contributed by atoms with Crippen LogP contribution in [0.25, 0.3) is 0 Å². The zero-order chi connectivity index (χ0) is 14.6. The fraction of sp³-hybridized carbons (Fsp3) is 0.583. The Morgan fingerprint density at radius 3 is 2.58 bits per heavy atom. The summed E-state index contributed by atoms with van der Waals surface area (Å²) in [7, 11) is 0. The minimum absolute atomic E-state index is 0.193. The lowest BCUT2D eigenvalue weighted by atomic mass is 10.00. The van der Waals surface area contributed by atoms with E-state index in [4.69, 9.17) is 5.11 Å². The van der Waals surface area contributed by atoms with Gasteiger partial charge < -0.3 is 15.7 Å². The summed E-state index contributed by atoms with van der Waals surface area (Å²) in [5.74, 6) is -1.07. The molecule has 7 heteroatoms. The number of carbonyl (C=O) groups is 2. The third-order valence-corrected chi connectivity index (χ3v) is 2.96. The lowest BCUT2D eigenvalue weighted by molar-refractivity contribution is -0.143. The molecule has 0 saturated carbocycles. The maximum Gasteiger partial charge on any atom is 0.329 e. The summed E-state index contributed by atoms with van der Waals surface area (Å²) in [5, 5.41) is 18.2. The van der Waals surface area contributed by atoms with Gasteiger partial charge in [0.15, 0.2) is 0 Å². The molecule has 106 valence electrons. The van der Waals surface area contributed by atoms with Crippen molar-refractivity contribution in [1.29, 1.82) is 0 Å². The Morgan fingerprint density at radius 1 is 1.53 bits per heavy atom. The molecule has 1 atom stereocenters. The van der Waals surface area contributed by atoms with Crippen molar-refractivity contribution in [2.75, 3.05) is 5.32 Å². The summed E-state index contributed by atoms with van der Waals surface area (Å²) in [4.78, 5) is 22.8. The predicted octanol–water partition coefficient (Wildman–Crippen LogP) is 1.84. The van der Waals surface area contributed by atoms with E-state index in [1.807, 2.05) is 13.8 Å². The lowest BCUT2D eigenvalue weighted by Gasteiger charge is -2.24. The van der Waals surface area contributed by atoms with Crippen LogP contribution in [0.15, 0.2) is 12.4 Å². The molecule has 0 spiro atoms. The van der Waals surface area contributed by atoms with Gasteiger partial charge in [-0.15, -0.1) is 0 Å². The first kappa shape index (κ1) is 15.0. The first-order valence-corrected chi connectivity index (χ1v) is 6.15. The third kappa shape index (κ3) is 3.70. The number of urea groups is 1. The number of rotatable bonds is 5. The molecule has 3 N–H and O–H groups in total. The summed E-state index contributed by atoms with van der Waals surface area (Å²) < 4.78 is 1.70. The highest BCUT2D eigenvalue weighted by Crippen LogP contribution is 2.12. The smallest absolute Gasteiger partial charge is 0.329 e. The van der Waals surface area contributed by atoms with Crippen LogP contribution >= 0.6 is 0 Å². The molecule has 0 aliphatic heterocycles. The fourth-order valence-corrected chi connectivity index (χ4v) is 1.39. The van der Waals surface area contributed by atoms with Gasteiger partial charge in [-0.25, -0.2) is 9.59 Å². The van der Waals surface area contributed by atoms with Crippen LogP contribution in [0.3, 0.4) is 0 Å². The molecule has 2 amide bonds. The van der Waals surface area contributed by atoms with Gasteiger partial charge in [-0.2, -0.15) is 5.10 Å². The fourth-order valence-electron chi connectivity index (χ4n) is 1.39. The van der Waals surface area contributed by atoms with Crippen LogP contribution < -0.4 is 10.6 Å². The van der Waals surface area contributed by atoms with Crippen LogP contribution in [0.1, 0.15) is 40.2 Å². The summed E-state index contributed by atoms with van der Waals surface area (Å²) in [6.45, 7) is 7.10. The van der Waals surface area contributed by atoms with Crippen molar-refractivity contribution in [2.24, 2.45) is 0 Å². The van der Waals surface area contributed by atoms with Crippen LogP contribution in [0, 0.1) is 0 Å². The van der Waals surface area contributed by atoms with Gasteiger partial charge in [0, 0.05) is 12.2 Å². The van der Waals surface area contributed by atoms with E-state index in [1.54, 1.807) is 17.8 Å². The Balaban J connectivity index is 2.67. The number of nitrogens with one attached hydrogen (secondary N) is 2. The number of hydrogen-bond donors (Lipinski definition) is 3. The molecule has 1 aromatic rings. The predicted molar refractivity (Wildman–Crippen MR) is 71.1 cm³/mol. The molecule has 0 bridgehead atoms. The highest BCUT2D eigenvalue weighted by Gasteiger charge is 2.32. The van der Waals surface area contributed by atoms with Crippen LogP contribution in [-0.4, -0.2) is 32.4 Å². The molecule has 1 aromatic heterocycles. The maximum atomic E-state index is 11.7. The van der Waals surface area contributed by atoms with Crippen LogP contribution in [0.2, 0.25) is 0 Å². The number of nitrogens with zero attached hydrogens (tertiary/aromatic N) is 2. The Labute approximate surface area is 112 Å². The largest absolute Gasteiger partial charge is 0.480 e. The molecule has 0 aliphatic carbocycles. The van der Waals surface area contributed by atoms with Crippen LogP contribution in [0.5, 0.6) is 0 Å². The van der Waals surface area contributed by atoms with E-state index in [2.05, 4.69) is 15.7 Å². The van der Waals surface area contributed by atoms with Gasteiger partial charge in [-0.05, 0) is 27.2 Å². The van der Waals surface area contributed by atoms with E-state index in [9.17, 15) is 9.59 Å². The van der Waals surface area contributed by atoms with Crippen LogP contribution in [0.4, 0.5) is 10.5 Å². The number of aromatic nitrogens is 2. The number of anilines is 1. The average molecular weight is 268 g/mol. The van der Waals surface area contributed by atoms with Gasteiger partial charge >= 0.3 is 12.0 Å². The molecule has 19 heavy (non-hydrogen) atoms. The Kier molecular flexibility index (Phi) is 4.52. The second kappa shape index (κ2) is 5.73. The van der Waals surface area contributed by atoms with Crippen molar-refractivity contribution < 1.29 is 14.7 Å². The highest BCUT2D eigenvalue weighted by molar-refractivity contribution is 5.93. The number of aliphatic carboxylic acids is 1. The van der Waals surface area contributed by atoms with Crippen molar-refractivity contribution in [2.45, 2.75) is 45.7 Å². The number of carbonyl (C=O) groups excluding carboxylic acids is 1. The number of amides is 2. The zero-order valence-electron chi connectivity index (χ0n) is 11.6. The Hall–Kier alpha value is -2.05. The summed E-state index contributed by atoms with van der Waals surface area (Å²) >= 11 is 0. The second-order valence-corrected chi connectivity index (χ2v) is 4.87. The number of carboxylic acid groups (broad SMARTS) is 1. The normalized spacial score (nSPS) is 13.9. The molecule has 0 radical (unpaired) electrons. The Bertz CT molecular complexity index is 469. The first-order chi connectivity index (χ1) is 8.78. The standard InChI is InChI=1S/C12H20N4O3/c1-5-12(4,10(17)18)15-11(19)14-9-6-13-16(7-9)8(2)3/h6-8H,5H2,1-4H3,(H,17,18)(H2,14,15,19). The molecule has 0 fully saturated rings. The molecule has 1 heterocycles. The second-order valence-electron chi connectivity index (χ2n) is 4.87. The summed E-state index contributed by atoms with van der Waals surface area (Å²) in [6, 6.07) is -0.367. The molecule has 1 rings (SSSR count). The van der Waals surface area contributed by atoms with Gasteiger partial charge in [0.25, 0.3) is 0 Å². The van der Waals surface area contributed by atoms with E-state index >= 15 is 0 Å². The summed E-state index contributed by atoms with van der Waals surface area (Å²) in [6.07, 6.45) is 3.50. The topological polar surface area (TPSA) is 96.3 Å². The average Bonchev–Trinajstić information content (AvgIpc) is 2.76. The van der Waals surface area contributed by atoms with Crippen molar-refractivity contribution in [3.63, 3.8) is 0 Å². The molecule has 0 saturated heterocycles. The molecule has 1 unspecified atom stereocenters. The van der Waals surface area contributed by atoms with Crippen molar-refractivity contribution in [3.8, 4) is 0 Å². The molecule has 0 aromatic carbocycles.